The number of allylic oxidation sites excluding steroid dienone is 2. The van der Waals surface area contributed by atoms with E-state index in [1.807, 2.05) is 13.8 Å². The van der Waals surface area contributed by atoms with Gasteiger partial charge >= 0.3 is 11.9 Å². The zero-order chi connectivity index (χ0) is 12.8. The standard InChI is InChI=1S/C13H16O4/c1-13(2)7-5-6-8(13)10(12(15)17-4)9(7)11(14)16-3/h5-6H2,1-4H3. The fraction of sp³-hybridized carbons (Fsp3) is 0.538. The molecule has 17 heavy (non-hydrogen) atoms. The maximum atomic E-state index is 11.8. The number of fused-ring (bicyclic) bond motifs is 2. The minimum absolute atomic E-state index is 0.215. The average Bonchev–Trinajstić information content (AvgIpc) is 2.73. The maximum absolute atomic E-state index is 11.8. The van der Waals surface area contributed by atoms with Gasteiger partial charge in [-0.2, -0.15) is 0 Å². The molecular formula is C13H16O4. The lowest BCUT2D eigenvalue weighted by Gasteiger charge is -2.17. The molecule has 2 aliphatic carbocycles. The zero-order valence-corrected chi connectivity index (χ0v) is 10.5. The van der Waals surface area contributed by atoms with Crippen LogP contribution < -0.4 is 0 Å². The lowest BCUT2D eigenvalue weighted by atomic mass is 9.86. The van der Waals surface area contributed by atoms with Crippen LogP contribution in [0, 0.1) is 5.41 Å². The van der Waals surface area contributed by atoms with Gasteiger partial charge in [0.2, 0.25) is 0 Å². The van der Waals surface area contributed by atoms with Crippen molar-refractivity contribution in [2.45, 2.75) is 26.7 Å². The summed E-state index contributed by atoms with van der Waals surface area (Å²) in [5.74, 6) is -0.883. The van der Waals surface area contributed by atoms with Gasteiger partial charge in [-0.3, -0.25) is 0 Å². The molecule has 92 valence electrons. The van der Waals surface area contributed by atoms with Crippen LogP contribution in [0.2, 0.25) is 0 Å². The van der Waals surface area contributed by atoms with Crippen molar-refractivity contribution in [2.75, 3.05) is 14.2 Å². The monoisotopic (exact) mass is 236 g/mol. The first kappa shape index (κ1) is 11.9. The summed E-state index contributed by atoms with van der Waals surface area (Å²) in [7, 11) is 2.66. The molecule has 1 fully saturated rings. The lowest BCUT2D eigenvalue weighted by molar-refractivity contribution is -0.139. The Kier molecular flexibility index (Phi) is 2.60. The molecule has 0 radical (unpaired) electrons. The highest BCUT2D eigenvalue weighted by Crippen LogP contribution is 2.56. The van der Waals surface area contributed by atoms with Crippen LogP contribution in [0.25, 0.3) is 0 Å². The van der Waals surface area contributed by atoms with E-state index in [1.165, 1.54) is 14.2 Å². The van der Waals surface area contributed by atoms with E-state index in [9.17, 15) is 9.59 Å². The molecule has 2 rings (SSSR count). The summed E-state index contributed by atoms with van der Waals surface area (Å²) in [5.41, 5.74) is 2.63. The molecule has 0 aromatic carbocycles. The van der Waals surface area contributed by atoms with E-state index < -0.39 is 11.9 Å². The number of methoxy groups -OCH3 is 2. The zero-order valence-electron chi connectivity index (χ0n) is 10.5. The van der Waals surface area contributed by atoms with Gasteiger partial charge in [-0.15, -0.1) is 0 Å². The summed E-state index contributed by atoms with van der Waals surface area (Å²) in [6.07, 6.45) is 1.65. The molecule has 0 unspecified atom stereocenters. The number of carbonyl (C=O) groups excluding carboxylic acids is 2. The SMILES string of the molecule is COC(=O)C1=C2CCC(=C1C(=O)OC)C2(C)C. The van der Waals surface area contributed by atoms with Crippen molar-refractivity contribution in [2.24, 2.45) is 5.41 Å². The smallest absolute Gasteiger partial charge is 0.338 e. The van der Waals surface area contributed by atoms with Gasteiger partial charge in [0.25, 0.3) is 0 Å². The summed E-state index contributed by atoms with van der Waals surface area (Å²) in [5, 5.41) is 0. The van der Waals surface area contributed by atoms with Gasteiger partial charge in [-0.1, -0.05) is 13.8 Å². The van der Waals surface area contributed by atoms with Crippen molar-refractivity contribution in [1.29, 1.82) is 0 Å². The van der Waals surface area contributed by atoms with Crippen LogP contribution >= 0.6 is 0 Å². The molecule has 0 aliphatic heterocycles. The third-order valence-electron chi connectivity index (χ3n) is 3.77. The Morgan fingerprint density at radius 3 is 1.59 bits per heavy atom. The maximum Gasteiger partial charge on any atom is 0.338 e. The van der Waals surface area contributed by atoms with Crippen LogP contribution in [0.3, 0.4) is 0 Å². The van der Waals surface area contributed by atoms with Crippen LogP contribution in [0.15, 0.2) is 22.3 Å². The Balaban J connectivity index is 2.60. The molecule has 0 atom stereocenters. The predicted molar refractivity (Wildman–Crippen MR) is 61.1 cm³/mol. The van der Waals surface area contributed by atoms with Gasteiger partial charge < -0.3 is 9.47 Å². The quantitative estimate of drug-likeness (QED) is 0.685. The number of hydrogen-bond acceptors (Lipinski definition) is 4. The van der Waals surface area contributed by atoms with Gasteiger partial charge in [0.15, 0.2) is 0 Å². The summed E-state index contributed by atoms with van der Waals surface area (Å²) >= 11 is 0. The second kappa shape index (κ2) is 3.72. The number of carbonyl (C=O) groups is 2. The Morgan fingerprint density at radius 1 is 0.941 bits per heavy atom. The predicted octanol–water partition coefficient (Wildman–Crippen LogP) is 1.76. The normalized spacial score (nSPS) is 20.9. The van der Waals surface area contributed by atoms with Gasteiger partial charge in [0.05, 0.1) is 25.4 Å². The molecule has 0 heterocycles. The fourth-order valence-corrected chi connectivity index (χ4v) is 2.89. The van der Waals surface area contributed by atoms with Crippen LogP contribution in [-0.2, 0) is 19.1 Å². The molecule has 0 N–H and O–H groups in total. The summed E-state index contributed by atoms with van der Waals surface area (Å²) in [4.78, 5) is 23.6. The van der Waals surface area contributed by atoms with Crippen molar-refractivity contribution in [3.05, 3.63) is 22.3 Å². The molecular weight excluding hydrogens is 220 g/mol. The molecule has 4 nitrogen and oxygen atoms in total. The highest BCUT2D eigenvalue weighted by molar-refractivity contribution is 6.10. The number of rotatable bonds is 2. The van der Waals surface area contributed by atoms with Gasteiger partial charge in [-0.05, 0) is 24.0 Å². The summed E-state index contributed by atoms with van der Waals surface area (Å²) in [6, 6.07) is 0. The number of hydrogen-bond donors (Lipinski definition) is 0. The van der Waals surface area contributed by atoms with Crippen molar-refractivity contribution in [3.8, 4) is 0 Å². The summed E-state index contributed by atoms with van der Waals surface area (Å²) in [6.45, 7) is 4.06. The molecule has 2 bridgehead atoms. The molecule has 0 amide bonds. The van der Waals surface area contributed by atoms with E-state index in [1.54, 1.807) is 0 Å². The third-order valence-corrected chi connectivity index (χ3v) is 3.77. The molecule has 4 heteroatoms. The van der Waals surface area contributed by atoms with Crippen molar-refractivity contribution < 1.29 is 19.1 Å². The van der Waals surface area contributed by atoms with Crippen LogP contribution in [0.1, 0.15) is 26.7 Å². The fourth-order valence-electron chi connectivity index (χ4n) is 2.89. The number of ether oxygens (including phenoxy) is 2. The first-order chi connectivity index (χ1) is 7.95. The molecule has 2 aliphatic rings. The van der Waals surface area contributed by atoms with E-state index in [0.717, 1.165) is 24.0 Å². The largest absolute Gasteiger partial charge is 0.465 e. The van der Waals surface area contributed by atoms with E-state index in [0.29, 0.717) is 11.1 Å². The first-order valence-electron chi connectivity index (χ1n) is 5.59. The van der Waals surface area contributed by atoms with Gasteiger partial charge in [0, 0.05) is 5.41 Å². The second-order valence-electron chi connectivity index (χ2n) is 4.82. The number of esters is 2. The van der Waals surface area contributed by atoms with Crippen molar-refractivity contribution in [1.82, 2.24) is 0 Å². The van der Waals surface area contributed by atoms with Crippen molar-refractivity contribution in [3.63, 3.8) is 0 Å². The Morgan fingerprint density at radius 2 is 1.29 bits per heavy atom. The van der Waals surface area contributed by atoms with E-state index >= 15 is 0 Å². The average molecular weight is 236 g/mol. The van der Waals surface area contributed by atoms with Crippen molar-refractivity contribution >= 4 is 11.9 Å². The van der Waals surface area contributed by atoms with E-state index in [4.69, 9.17) is 9.47 Å². The lowest BCUT2D eigenvalue weighted by Crippen LogP contribution is -2.16. The van der Waals surface area contributed by atoms with Crippen LogP contribution in [0.4, 0.5) is 0 Å². The van der Waals surface area contributed by atoms with Crippen LogP contribution in [0.5, 0.6) is 0 Å². The Labute approximate surface area is 100 Å². The third kappa shape index (κ3) is 1.43. The van der Waals surface area contributed by atoms with Gasteiger partial charge in [-0.25, -0.2) is 9.59 Å². The van der Waals surface area contributed by atoms with E-state index in [2.05, 4.69) is 0 Å². The highest BCUT2D eigenvalue weighted by atomic mass is 16.5. The Hall–Kier alpha value is -1.58. The molecule has 1 saturated carbocycles. The first-order valence-corrected chi connectivity index (χ1v) is 5.59. The van der Waals surface area contributed by atoms with Gasteiger partial charge in [0.1, 0.15) is 0 Å². The molecule has 0 spiro atoms. The van der Waals surface area contributed by atoms with E-state index in [-0.39, 0.29) is 5.41 Å². The molecule has 0 aromatic rings. The molecule has 0 saturated heterocycles. The topological polar surface area (TPSA) is 52.6 Å². The highest BCUT2D eigenvalue weighted by Gasteiger charge is 2.48. The Bertz CT molecular complexity index is 424. The molecule has 0 aromatic heterocycles. The minimum Gasteiger partial charge on any atom is -0.465 e. The summed E-state index contributed by atoms with van der Waals surface area (Å²) < 4.78 is 9.53. The second-order valence-corrected chi connectivity index (χ2v) is 4.82. The van der Waals surface area contributed by atoms with Crippen LogP contribution in [-0.4, -0.2) is 26.2 Å². The minimum atomic E-state index is -0.442.